The monoisotopic (exact) mass is 432 g/mol. The smallest absolute Gasteiger partial charge is 0.338 e. The summed E-state index contributed by atoms with van der Waals surface area (Å²) < 4.78 is 5.12. The Balaban J connectivity index is 1.76. The first kappa shape index (κ1) is 21.7. The fourth-order valence-electron chi connectivity index (χ4n) is 4.10. The summed E-state index contributed by atoms with van der Waals surface area (Å²) in [5.41, 5.74) is 3.69. The number of benzene rings is 1. The molecule has 7 heteroatoms. The highest BCUT2D eigenvalue weighted by atomic mass is 16.5. The van der Waals surface area contributed by atoms with Crippen LogP contribution in [0.4, 0.5) is 11.4 Å². The molecule has 1 fully saturated rings. The molecule has 1 aliphatic rings. The van der Waals surface area contributed by atoms with Gasteiger partial charge in [-0.15, -0.1) is 0 Å². The van der Waals surface area contributed by atoms with Gasteiger partial charge in [-0.3, -0.25) is 4.79 Å². The first-order valence-electron chi connectivity index (χ1n) is 11.1. The number of carbonyl (C=O) groups excluding carboxylic acids is 2. The summed E-state index contributed by atoms with van der Waals surface area (Å²) in [5.74, 6) is 0.0466. The number of piperidine rings is 1. The Morgan fingerprint density at radius 1 is 1.25 bits per heavy atom. The number of nitrogens with zero attached hydrogens (tertiary/aromatic N) is 3. The normalized spacial score (nSPS) is 16.1. The number of likely N-dealkylation sites (tertiary alicyclic amines) is 1. The zero-order valence-corrected chi connectivity index (χ0v) is 18.7. The zero-order valence-electron chi connectivity index (χ0n) is 18.7. The van der Waals surface area contributed by atoms with E-state index in [1.807, 2.05) is 30.0 Å². The van der Waals surface area contributed by atoms with Gasteiger partial charge in [0.15, 0.2) is 5.65 Å². The van der Waals surface area contributed by atoms with E-state index in [1.54, 1.807) is 31.3 Å². The highest BCUT2D eigenvalue weighted by molar-refractivity contribution is 6.07. The highest BCUT2D eigenvalue weighted by Gasteiger charge is 2.25. The highest BCUT2D eigenvalue weighted by Crippen LogP contribution is 2.31. The number of rotatable bonds is 5. The number of aromatic nitrogens is 2. The molecule has 3 aromatic rings. The van der Waals surface area contributed by atoms with Crippen molar-refractivity contribution >= 4 is 34.3 Å². The second-order valence-electron chi connectivity index (χ2n) is 8.30. The van der Waals surface area contributed by atoms with Crippen molar-refractivity contribution in [3.63, 3.8) is 0 Å². The molecule has 166 valence electrons. The first-order chi connectivity index (χ1) is 15.5. The van der Waals surface area contributed by atoms with Gasteiger partial charge in [0.05, 0.1) is 23.4 Å². The number of amides is 1. The van der Waals surface area contributed by atoms with Crippen LogP contribution in [0.1, 0.15) is 53.1 Å². The summed E-state index contributed by atoms with van der Waals surface area (Å²) >= 11 is 0. The number of aryl methyl sites for hydroxylation is 1. The first-order valence-corrected chi connectivity index (χ1v) is 11.1. The van der Waals surface area contributed by atoms with Crippen LogP contribution in [0.2, 0.25) is 0 Å². The lowest BCUT2D eigenvalue weighted by molar-refractivity contribution is 0.0526. The molecular formula is C25H28N4O3. The van der Waals surface area contributed by atoms with E-state index in [9.17, 15) is 9.59 Å². The number of esters is 1. The average molecular weight is 433 g/mol. The number of fused-ring (bicyclic) bond motifs is 1. The predicted molar refractivity (Wildman–Crippen MR) is 124 cm³/mol. The molecule has 0 spiro atoms. The van der Waals surface area contributed by atoms with Gasteiger partial charge in [0.1, 0.15) is 0 Å². The molecule has 32 heavy (non-hydrogen) atoms. The maximum Gasteiger partial charge on any atom is 0.338 e. The van der Waals surface area contributed by atoms with Gasteiger partial charge >= 0.3 is 5.97 Å². The van der Waals surface area contributed by atoms with Crippen LogP contribution < -0.4 is 5.32 Å². The lowest BCUT2D eigenvalue weighted by Gasteiger charge is -2.31. The van der Waals surface area contributed by atoms with Crippen LogP contribution in [-0.2, 0) is 4.74 Å². The molecule has 2 aromatic heterocycles. The van der Waals surface area contributed by atoms with Gasteiger partial charge in [0.25, 0.3) is 5.91 Å². The number of carbonyl (C=O) groups is 2. The molecule has 1 saturated heterocycles. The van der Waals surface area contributed by atoms with E-state index >= 15 is 0 Å². The molecule has 1 aromatic carbocycles. The SMILES string of the molecule is CCOC(=O)c1cccc(Nc2c(C(=O)N3CCC[C@@H](C)C3)cnc3nc(C)ccc23)c1. The zero-order chi connectivity index (χ0) is 22.7. The van der Waals surface area contributed by atoms with Crippen molar-refractivity contribution in [2.45, 2.75) is 33.6 Å². The molecule has 1 N–H and O–H groups in total. The van der Waals surface area contributed by atoms with E-state index < -0.39 is 0 Å². The van der Waals surface area contributed by atoms with Crippen LogP contribution in [0, 0.1) is 12.8 Å². The third-order valence-electron chi connectivity index (χ3n) is 5.69. The fraction of sp³-hybridized carbons (Fsp3) is 0.360. The second kappa shape index (κ2) is 9.34. The number of anilines is 2. The van der Waals surface area contributed by atoms with Gasteiger partial charge in [0, 0.05) is 36.1 Å². The number of hydrogen-bond acceptors (Lipinski definition) is 6. The summed E-state index contributed by atoms with van der Waals surface area (Å²) in [6.07, 6.45) is 3.74. The minimum absolute atomic E-state index is 0.0458. The van der Waals surface area contributed by atoms with Crippen LogP contribution in [0.3, 0.4) is 0 Å². The fourth-order valence-corrected chi connectivity index (χ4v) is 4.10. The Labute approximate surface area is 187 Å². The van der Waals surface area contributed by atoms with E-state index in [-0.39, 0.29) is 11.9 Å². The molecule has 7 nitrogen and oxygen atoms in total. The molecule has 0 aliphatic carbocycles. The van der Waals surface area contributed by atoms with Gasteiger partial charge in [-0.2, -0.15) is 0 Å². The molecule has 4 rings (SSSR count). The molecule has 1 atom stereocenters. The molecule has 0 radical (unpaired) electrons. The van der Waals surface area contributed by atoms with Gasteiger partial charge in [-0.1, -0.05) is 13.0 Å². The molecule has 0 unspecified atom stereocenters. The maximum absolute atomic E-state index is 13.5. The second-order valence-corrected chi connectivity index (χ2v) is 8.30. The van der Waals surface area contributed by atoms with Crippen LogP contribution in [0.25, 0.3) is 11.0 Å². The molecule has 1 aliphatic heterocycles. The Kier molecular flexibility index (Phi) is 6.35. The summed E-state index contributed by atoms with van der Waals surface area (Å²) in [6, 6.07) is 10.9. The van der Waals surface area contributed by atoms with Gasteiger partial charge < -0.3 is 15.0 Å². The molecular weight excluding hydrogens is 404 g/mol. The van der Waals surface area contributed by atoms with Crippen molar-refractivity contribution in [2.24, 2.45) is 5.92 Å². The lowest BCUT2D eigenvalue weighted by Crippen LogP contribution is -2.39. The van der Waals surface area contributed by atoms with Crippen molar-refractivity contribution in [1.82, 2.24) is 14.9 Å². The minimum Gasteiger partial charge on any atom is -0.462 e. The largest absolute Gasteiger partial charge is 0.462 e. The number of hydrogen-bond donors (Lipinski definition) is 1. The van der Waals surface area contributed by atoms with Crippen molar-refractivity contribution in [3.05, 3.63) is 59.4 Å². The molecule has 0 saturated carbocycles. The minimum atomic E-state index is -0.383. The van der Waals surface area contributed by atoms with Gasteiger partial charge in [-0.25, -0.2) is 14.8 Å². The van der Waals surface area contributed by atoms with Crippen molar-refractivity contribution in [2.75, 3.05) is 25.0 Å². The topological polar surface area (TPSA) is 84.4 Å². The van der Waals surface area contributed by atoms with Crippen molar-refractivity contribution in [3.8, 4) is 0 Å². The van der Waals surface area contributed by atoms with E-state index in [4.69, 9.17) is 4.74 Å². The van der Waals surface area contributed by atoms with Crippen molar-refractivity contribution in [1.29, 1.82) is 0 Å². The number of pyridine rings is 2. The standard InChI is InChI=1S/C25H28N4O3/c1-4-32-25(31)18-8-5-9-19(13-18)28-22-20-11-10-17(3)27-23(20)26-14-21(22)24(30)29-12-6-7-16(2)15-29/h5,8-11,13-14,16H,4,6-7,12,15H2,1-3H3,(H,26,27,28)/t16-/m1/s1. The molecule has 3 heterocycles. The van der Waals surface area contributed by atoms with E-state index in [2.05, 4.69) is 22.2 Å². The Bertz CT molecular complexity index is 1160. The molecule has 1 amide bonds. The predicted octanol–water partition coefficient (Wildman–Crippen LogP) is 4.73. The number of ether oxygens (including phenoxy) is 1. The van der Waals surface area contributed by atoms with E-state index in [1.165, 1.54) is 0 Å². The van der Waals surface area contributed by atoms with Crippen LogP contribution in [0.5, 0.6) is 0 Å². The summed E-state index contributed by atoms with van der Waals surface area (Å²) in [4.78, 5) is 36.6. The van der Waals surface area contributed by atoms with Crippen LogP contribution in [-0.4, -0.2) is 46.4 Å². The lowest BCUT2D eigenvalue weighted by atomic mass is 9.99. The molecule has 0 bridgehead atoms. The van der Waals surface area contributed by atoms with Gasteiger partial charge in [0.2, 0.25) is 0 Å². The van der Waals surface area contributed by atoms with Crippen molar-refractivity contribution < 1.29 is 14.3 Å². The van der Waals surface area contributed by atoms with Gasteiger partial charge in [-0.05, 0) is 62.9 Å². The van der Waals surface area contributed by atoms with E-state index in [0.717, 1.165) is 37.0 Å². The Hall–Kier alpha value is -3.48. The van der Waals surface area contributed by atoms with Crippen LogP contribution >= 0.6 is 0 Å². The average Bonchev–Trinajstić information content (AvgIpc) is 2.79. The summed E-state index contributed by atoms with van der Waals surface area (Å²) in [5, 5.41) is 4.13. The number of nitrogens with one attached hydrogen (secondary N) is 1. The van der Waals surface area contributed by atoms with Crippen LogP contribution in [0.15, 0.2) is 42.6 Å². The maximum atomic E-state index is 13.5. The Morgan fingerprint density at radius 2 is 2.09 bits per heavy atom. The summed E-state index contributed by atoms with van der Waals surface area (Å²) in [7, 11) is 0. The third kappa shape index (κ3) is 4.56. The third-order valence-corrected chi connectivity index (χ3v) is 5.69. The quantitative estimate of drug-likeness (QED) is 0.587. The summed E-state index contributed by atoms with van der Waals surface area (Å²) in [6.45, 7) is 7.64. The Morgan fingerprint density at radius 3 is 2.88 bits per heavy atom. The van der Waals surface area contributed by atoms with E-state index in [0.29, 0.717) is 40.7 Å².